The van der Waals surface area contributed by atoms with Crippen LogP contribution in [0.2, 0.25) is 0 Å². The zero-order chi connectivity index (χ0) is 15.8. The van der Waals surface area contributed by atoms with Crippen molar-refractivity contribution in [2.45, 2.75) is 13.0 Å². The van der Waals surface area contributed by atoms with Crippen LogP contribution in [0.5, 0.6) is 0 Å². The Kier molecular flexibility index (Phi) is 5.42. The first-order valence-electron chi connectivity index (χ1n) is 6.82. The molecular formula is C15H16N4O3. The van der Waals surface area contributed by atoms with E-state index in [1.165, 1.54) is 18.2 Å². The summed E-state index contributed by atoms with van der Waals surface area (Å²) in [6, 6.07) is 6.28. The van der Waals surface area contributed by atoms with Crippen LogP contribution in [-0.4, -0.2) is 26.9 Å². The molecule has 22 heavy (non-hydrogen) atoms. The summed E-state index contributed by atoms with van der Waals surface area (Å²) in [6.45, 7) is 1.30. The molecule has 7 nitrogen and oxygen atoms in total. The lowest BCUT2D eigenvalue weighted by molar-refractivity contribution is -0.385. The summed E-state index contributed by atoms with van der Waals surface area (Å²) in [6.07, 6.45) is 8.81. The van der Waals surface area contributed by atoms with Gasteiger partial charge in [-0.15, -0.1) is 0 Å². The number of benzene rings is 1. The first-order chi connectivity index (χ1) is 10.7. The van der Waals surface area contributed by atoms with E-state index in [0.29, 0.717) is 12.1 Å². The van der Waals surface area contributed by atoms with Crippen molar-refractivity contribution in [1.82, 2.24) is 14.9 Å². The Bertz CT molecular complexity index is 665. The number of nitro groups is 1. The second kappa shape index (κ2) is 7.72. The van der Waals surface area contributed by atoms with E-state index in [1.54, 1.807) is 30.7 Å². The third-order valence-corrected chi connectivity index (χ3v) is 3.00. The van der Waals surface area contributed by atoms with Crippen molar-refractivity contribution in [3.8, 4) is 0 Å². The molecule has 2 rings (SSSR count). The van der Waals surface area contributed by atoms with Gasteiger partial charge in [-0.05, 0) is 18.6 Å². The number of nitrogens with one attached hydrogen (secondary N) is 1. The maximum Gasteiger partial charge on any atom is 0.276 e. The van der Waals surface area contributed by atoms with Gasteiger partial charge in [0.25, 0.3) is 5.69 Å². The van der Waals surface area contributed by atoms with Crippen LogP contribution in [0, 0.1) is 10.1 Å². The van der Waals surface area contributed by atoms with Gasteiger partial charge >= 0.3 is 0 Å². The number of para-hydroxylation sites is 1. The fourth-order valence-electron chi connectivity index (χ4n) is 1.91. The number of hydrogen-bond acceptors (Lipinski definition) is 4. The summed E-state index contributed by atoms with van der Waals surface area (Å²) in [7, 11) is 0. The summed E-state index contributed by atoms with van der Waals surface area (Å²) in [5.41, 5.74) is 0.382. The van der Waals surface area contributed by atoms with Crippen LogP contribution in [0.3, 0.4) is 0 Å². The molecule has 0 aliphatic rings. The summed E-state index contributed by atoms with van der Waals surface area (Å²) < 4.78 is 1.93. The standard InChI is InChI=1S/C15H16N4O3/c20-15(17-8-3-10-18-11-9-16-12-18)7-6-13-4-1-2-5-14(13)19(21)22/h1-2,4-7,9,11-12H,3,8,10H2,(H,17,20). The van der Waals surface area contributed by atoms with Crippen molar-refractivity contribution in [1.29, 1.82) is 0 Å². The first kappa shape index (κ1) is 15.4. The Morgan fingerprint density at radius 2 is 2.23 bits per heavy atom. The van der Waals surface area contributed by atoms with E-state index in [-0.39, 0.29) is 11.6 Å². The van der Waals surface area contributed by atoms with Crippen LogP contribution in [0.4, 0.5) is 5.69 Å². The molecule has 7 heteroatoms. The number of hydrogen-bond donors (Lipinski definition) is 1. The molecule has 0 fully saturated rings. The third-order valence-electron chi connectivity index (χ3n) is 3.00. The first-order valence-corrected chi connectivity index (χ1v) is 6.82. The zero-order valence-electron chi connectivity index (χ0n) is 11.9. The van der Waals surface area contributed by atoms with Crippen LogP contribution in [0.1, 0.15) is 12.0 Å². The number of carbonyl (C=O) groups excluding carboxylic acids is 1. The van der Waals surface area contributed by atoms with Gasteiger partial charge < -0.3 is 9.88 Å². The van der Waals surface area contributed by atoms with Gasteiger partial charge in [0.2, 0.25) is 5.91 Å². The van der Waals surface area contributed by atoms with E-state index in [0.717, 1.165) is 13.0 Å². The minimum Gasteiger partial charge on any atom is -0.352 e. The molecule has 2 aromatic rings. The molecule has 1 aromatic heterocycles. The molecule has 114 valence electrons. The van der Waals surface area contributed by atoms with Gasteiger partial charge in [-0.2, -0.15) is 0 Å². The highest BCUT2D eigenvalue weighted by molar-refractivity contribution is 5.92. The number of nitro benzene ring substituents is 1. The molecule has 0 bridgehead atoms. The predicted octanol–water partition coefficient (Wildman–Crippen LogP) is 2.01. The highest BCUT2D eigenvalue weighted by Crippen LogP contribution is 2.18. The maximum atomic E-state index is 11.7. The third kappa shape index (κ3) is 4.55. The Morgan fingerprint density at radius 1 is 1.41 bits per heavy atom. The molecular weight excluding hydrogens is 284 g/mol. The van der Waals surface area contributed by atoms with Gasteiger partial charge in [0.1, 0.15) is 0 Å². The van der Waals surface area contributed by atoms with Gasteiger partial charge in [-0.25, -0.2) is 4.98 Å². The molecule has 0 aliphatic heterocycles. The molecule has 1 N–H and O–H groups in total. The molecule has 1 amide bonds. The lowest BCUT2D eigenvalue weighted by Gasteiger charge is -2.03. The van der Waals surface area contributed by atoms with E-state index in [9.17, 15) is 14.9 Å². The van der Waals surface area contributed by atoms with Crippen LogP contribution in [-0.2, 0) is 11.3 Å². The second-order valence-corrected chi connectivity index (χ2v) is 4.59. The van der Waals surface area contributed by atoms with Gasteiger partial charge in [0.15, 0.2) is 0 Å². The molecule has 0 radical (unpaired) electrons. The van der Waals surface area contributed by atoms with Crippen LogP contribution < -0.4 is 5.32 Å². The van der Waals surface area contributed by atoms with Crippen molar-refractivity contribution in [3.05, 3.63) is 64.7 Å². The van der Waals surface area contributed by atoms with E-state index in [1.807, 2.05) is 10.8 Å². The number of carbonyl (C=O) groups is 1. The Labute approximate surface area is 127 Å². The number of aromatic nitrogens is 2. The molecule has 0 unspecified atom stereocenters. The van der Waals surface area contributed by atoms with Gasteiger partial charge in [-0.1, -0.05) is 12.1 Å². The van der Waals surface area contributed by atoms with Gasteiger partial charge in [0, 0.05) is 37.6 Å². The van der Waals surface area contributed by atoms with E-state index >= 15 is 0 Å². The topological polar surface area (TPSA) is 90.1 Å². The van der Waals surface area contributed by atoms with Crippen LogP contribution >= 0.6 is 0 Å². The molecule has 0 spiro atoms. The largest absolute Gasteiger partial charge is 0.352 e. The van der Waals surface area contributed by atoms with E-state index in [2.05, 4.69) is 10.3 Å². The smallest absolute Gasteiger partial charge is 0.276 e. The molecule has 1 heterocycles. The van der Waals surface area contributed by atoms with Crippen molar-refractivity contribution >= 4 is 17.7 Å². The number of nitrogens with zero attached hydrogens (tertiary/aromatic N) is 3. The second-order valence-electron chi connectivity index (χ2n) is 4.59. The predicted molar refractivity (Wildman–Crippen MR) is 82.0 cm³/mol. The fraction of sp³-hybridized carbons (Fsp3) is 0.200. The number of aryl methyl sites for hydroxylation is 1. The van der Waals surface area contributed by atoms with Crippen LogP contribution in [0.25, 0.3) is 6.08 Å². The van der Waals surface area contributed by atoms with Gasteiger partial charge in [0.05, 0.1) is 16.8 Å². The van der Waals surface area contributed by atoms with E-state index in [4.69, 9.17) is 0 Å². The molecule has 0 saturated carbocycles. The zero-order valence-corrected chi connectivity index (χ0v) is 11.9. The average Bonchev–Trinajstić information content (AvgIpc) is 3.03. The lowest BCUT2D eigenvalue weighted by atomic mass is 10.1. The highest BCUT2D eigenvalue weighted by Gasteiger charge is 2.09. The monoisotopic (exact) mass is 300 g/mol. The molecule has 0 atom stereocenters. The SMILES string of the molecule is O=C(C=Cc1ccccc1[N+](=O)[O-])NCCCn1ccnc1. The lowest BCUT2D eigenvalue weighted by Crippen LogP contribution is -2.23. The van der Waals surface area contributed by atoms with Crippen LogP contribution in [0.15, 0.2) is 49.1 Å². The van der Waals surface area contributed by atoms with Crippen molar-refractivity contribution < 1.29 is 9.72 Å². The summed E-state index contributed by atoms with van der Waals surface area (Å²) in [5, 5.41) is 13.6. The Balaban J connectivity index is 1.80. The van der Waals surface area contributed by atoms with Crippen molar-refractivity contribution in [3.63, 3.8) is 0 Å². The Morgan fingerprint density at radius 3 is 2.95 bits per heavy atom. The summed E-state index contributed by atoms with van der Waals surface area (Å²) in [5.74, 6) is -0.274. The molecule has 0 aliphatic carbocycles. The number of imidazole rings is 1. The number of rotatable bonds is 7. The van der Waals surface area contributed by atoms with Crippen molar-refractivity contribution in [2.75, 3.05) is 6.54 Å². The normalized spacial score (nSPS) is 10.7. The minimum absolute atomic E-state index is 0.0216. The summed E-state index contributed by atoms with van der Waals surface area (Å²) >= 11 is 0. The quantitative estimate of drug-likeness (QED) is 0.366. The molecule has 0 saturated heterocycles. The summed E-state index contributed by atoms with van der Waals surface area (Å²) in [4.78, 5) is 26.0. The Hall–Kier alpha value is -2.96. The minimum atomic E-state index is -0.470. The number of amides is 1. The van der Waals surface area contributed by atoms with E-state index < -0.39 is 4.92 Å². The molecule has 1 aromatic carbocycles. The van der Waals surface area contributed by atoms with Crippen molar-refractivity contribution in [2.24, 2.45) is 0 Å². The average molecular weight is 300 g/mol. The van der Waals surface area contributed by atoms with Gasteiger partial charge in [-0.3, -0.25) is 14.9 Å². The highest BCUT2D eigenvalue weighted by atomic mass is 16.6. The maximum absolute atomic E-state index is 11.7. The fourth-order valence-corrected chi connectivity index (χ4v) is 1.91.